The fraction of sp³-hybridized carbons (Fsp3) is 0.800. The van der Waals surface area contributed by atoms with Gasteiger partial charge in [0.1, 0.15) is 6.61 Å². The van der Waals surface area contributed by atoms with E-state index in [9.17, 15) is 0 Å². The first-order valence-electron chi connectivity index (χ1n) is 4.50. The summed E-state index contributed by atoms with van der Waals surface area (Å²) < 4.78 is 5.53. The van der Waals surface area contributed by atoms with E-state index in [-0.39, 0.29) is 4.87 Å². The van der Waals surface area contributed by atoms with Crippen molar-refractivity contribution >= 4 is 11.6 Å². The lowest BCUT2D eigenvalue weighted by atomic mass is 10.2. The molecule has 0 aliphatic heterocycles. The molecule has 0 bridgehead atoms. The molecule has 1 nitrogen and oxygen atoms in total. The Labute approximate surface area is 80.8 Å². The molecule has 0 fully saturated rings. The lowest BCUT2D eigenvalue weighted by Gasteiger charge is -2.17. The highest BCUT2D eigenvalue weighted by molar-refractivity contribution is 6.23. The lowest BCUT2D eigenvalue weighted by molar-refractivity contribution is 0.181. The first-order valence-corrected chi connectivity index (χ1v) is 4.88. The van der Waals surface area contributed by atoms with Crippen LogP contribution in [0.5, 0.6) is 0 Å². The molecular formula is C10H19ClO. The van der Waals surface area contributed by atoms with Crippen LogP contribution in [0.4, 0.5) is 0 Å². The molecule has 0 saturated carbocycles. The van der Waals surface area contributed by atoms with Gasteiger partial charge in [0.05, 0.1) is 10.6 Å². The van der Waals surface area contributed by atoms with Gasteiger partial charge in [0.15, 0.2) is 0 Å². The largest absolute Gasteiger partial charge is 0.496 e. The Hall–Kier alpha value is -0.170. The Kier molecular flexibility index (Phi) is 5.39. The van der Waals surface area contributed by atoms with Gasteiger partial charge in [-0.05, 0) is 26.3 Å². The lowest BCUT2D eigenvalue weighted by Crippen LogP contribution is -2.18. The minimum Gasteiger partial charge on any atom is -0.496 e. The number of halogens is 1. The predicted octanol–water partition coefficient (Wildman–Crippen LogP) is 3.72. The van der Waals surface area contributed by atoms with Crippen LogP contribution in [0.2, 0.25) is 0 Å². The molecule has 12 heavy (non-hydrogen) atoms. The monoisotopic (exact) mass is 190 g/mol. The highest BCUT2D eigenvalue weighted by Crippen LogP contribution is 2.15. The summed E-state index contributed by atoms with van der Waals surface area (Å²) in [4.78, 5) is -0.262. The zero-order valence-electron chi connectivity index (χ0n) is 8.48. The van der Waals surface area contributed by atoms with Gasteiger partial charge in [-0.15, -0.1) is 11.6 Å². The van der Waals surface area contributed by atoms with E-state index < -0.39 is 0 Å². The SMILES string of the molecule is CC/C=C(\CC)OCC(C)(C)Cl. The summed E-state index contributed by atoms with van der Waals surface area (Å²) in [5, 5.41) is 0. The first-order chi connectivity index (χ1) is 5.49. The standard InChI is InChI=1S/C10H19ClO/c1-5-7-9(6-2)12-8-10(3,4)11/h7H,5-6,8H2,1-4H3/b9-7+. The zero-order chi connectivity index (χ0) is 9.61. The third-order valence-corrected chi connectivity index (χ3v) is 1.49. The maximum atomic E-state index is 5.98. The van der Waals surface area contributed by atoms with Gasteiger partial charge in [-0.3, -0.25) is 0 Å². The second-order valence-corrected chi connectivity index (χ2v) is 4.46. The van der Waals surface area contributed by atoms with Crippen molar-refractivity contribution in [1.82, 2.24) is 0 Å². The predicted molar refractivity (Wildman–Crippen MR) is 54.5 cm³/mol. The number of allylic oxidation sites excluding steroid dienone is 2. The van der Waals surface area contributed by atoms with E-state index in [1.807, 2.05) is 13.8 Å². The van der Waals surface area contributed by atoms with Crippen LogP contribution in [-0.2, 0) is 4.74 Å². The van der Waals surface area contributed by atoms with Crippen molar-refractivity contribution in [2.75, 3.05) is 6.61 Å². The van der Waals surface area contributed by atoms with Crippen molar-refractivity contribution in [2.24, 2.45) is 0 Å². The van der Waals surface area contributed by atoms with Gasteiger partial charge in [-0.1, -0.05) is 13.8 Å². The minimum absolute atomic E-state index is 0.262. The summed E-state index contributed by atoms with van der Waals surface area (Å²) in [5.41, 5.74) is 0. The Morgan fingerprint density at radius 2 is 2.00 bits per heavy atom. The highest BCUT2D eigenvalue weighted by Gasteiger charge is 2.13. The zero-order valence-corrected chi connectivity index (χ0v) is 9.24. The molecule has 0 aliphatic carbocycles. The number of alkyl halides is 1. The highest BCUT2D eigenvalue weighted by atomic mass is 35.5. The van der Waals surface area contributed by atoms with Crippen LogP contribution in [-0.4, -0.2) is 11.5 Å². The van der Waals surface area contributed by atoms with Crippen LogP contribution in [0.25, 0.3) is 0 Å². The van der Waals surface area contributed by atoms with Gasteiger partial charge in [0.25, 0.3) is 0 Å². The fourth-order valence-electron chi connectivity index (χ4n) is 0.797. The quantitative estimate of drug-likeness (QED) is 0.474. The smallest absolute Gasteiger partial charge is 0.106 e. The van der Waals surface area contributed by atoms with Crippen molar-refractivity contribution in [3.63, 3.8) is 0 Å². The fourth-order valence-corrected chi connectivity index (χ4v) is 0.852. The molecule has 0 aromatic heterocycles. The number of rotatable bonds is 5. The Morgan fingerprint density at radius 1 is 1.42 bits per heavy atom. The second-order valence-electron chi connectivity index (χ2n) is 3.44. The van der Waals surface area contributed by atoms with Gasteiger partial charge in [0.2, 0.25) is 0 Å². The summed E-state index contributed by atoms with van der Waals surface area (Å²) in [5.74, 6) is 1.05. The van der Waals surface area contributed by atoms with Crippen molar-refractivity contribution in [3.8, 4) is 0 Å². The molecule has 0 atom stereocenters. The normalized spacial score (nSPS) is 13.2. The van der Waals surface area contributed by atoms with Crippen molar-refractivity contribution < 1.29 is 4.74 Å². The average molecular weight is 191 g/mol. The number of hydrogen-bond donors (Lipinski definition) is 0. The van der Waals surface area contributed by atoms with Gasteiger partial charge < -0.3 is 4.74 Å². The van der Waals surface area contributed by atoms with E-state index in [2.05, 4.69) is 19.9 Å². The molecule has 0 amide bonds. The topological polar surface area (TPSA) is 9.23 Å². The summed E-state index contributed by atoms with van der Waals surface area (Å²) in [6, 6.07) is 0. The summed E-state index contributed by atoms with van der Waals surface area (Å²) in [6.07, 6.45) is 4.06. The van der Waals surface area contributed by atoms with Crippen LogP contribution >= 0.6 is 11.6 Å². The van der Waals surface area contributed by atoms with Crippen LogP contribution in [0.3, 0.4) is 0 Å². The summed E-state index contributed by atoms with van der Waals surface area (Å²) in [7, 11) is 0. The third-order valence-electron chi connectivity index (χ3n) is 1.38. The summed E-state index contributed by atoms with van der Waals surface area (Å²) >= 11 is 5.98. The minimum atomic E-state index is -0.262. The molecule has 0 saturated heterocycles. The Morgan fingerprint density at radius 3 is 2.33 bits per heavy atom. The van der Waals surface area contributed by atoms with E-state index in [0.717, 1.165) is 18.6 Å². The molecular weight excluding hydrogens is 172 g/mol. The van der Waals surface area contributed by atoms with Crippen LogP contribution < -0.4 is 0 Å². The van der Waals surface area contributed by atoms with E-state index in [0.29, 0.717) is 6.61 Å². The van der Waals surface area contributed by atoms with Gasteiger partial charge >= 0.3 is 0 Å². The van der Waals surface area contributed by atoms with Gasteiger partial charge in [-0.2, -0.15) is 0 Å². The number of hydrogen-bond acceptors (Lipinski definition) is 1. The molecule has 0 heterocycles. The maximum Gasteiger partial charge on any atom is 0.106 e. The van der Waals surface area contributed by atoms with Crippen molar-refractivity contribution in [2.45, 2.75) is 45.4 Å². The number of ether oxygens (including phenoxy) is 1. The first kappa shape index (κ1) is 11.8. The van der Waals surface area contributed by atoms with E-state index >= 15 is 0 Å². The van der Waals surface area contributed by atoms with E-state index in [1.165, 1.54) is 0 Å². The molecule has 0 spiro atoms. The molecule has 0 unspecified atom stereocenters. The molecule has 0 rings (SSSR count). The molecule has 2 heteroatoms. The Bertz CT molecular complexity index is 144. The van der Waals surface area contributed by atoms with Crippen molar-refractivity contribution in [3.05, 3.63) is 11.8 Å². The third kappa shape index (κ3) is 6.53. The molecule has 0 N–H and O–H groups in total. The molecule has 0 aliphatic rings. The summed E-state index contributed by atoms with van der Waals surface area (Å²) in [6.45, 7) is 8.67. The second kappa shape index (κ2) is 5.47. The van der Waals surface area contributed by atoms with Crippen LogP contribution in [0.1, 0.15) is 40.5 Å². The molecule has 0 aromatic rings. The molecule has 0 radical (unpaired) electrons. The van der Waals surface area contributed by atoms with Crippen LogP contribution in [0, 0.1) is 0 Å². The van der Waals surface area contributed by atoms with Gasteiger partial charge in [-0.25, -0.2) is 0 Å². The van der Waals surface area contributed by atoms with E-state index in [4.69, 9.17) is 16.3 Å². The average Bonchev–Trinajstić information content (AvgIpc) is 1.96. The maximum absolute atomic E-state index is 5.98. The molecule has 72 valence electrons. The molecule has 0 aromatic carbocycles. The van der Waals surface area contributed by atoms with Gasteiger partial charge in [0, 0.05) is 6.42 Å². The van der Waals surface area contributed by atoms with E-state index in [1.54, 1.807) is 0 Å². The van der Waals surface area contributed by atoms with Crippen molar-refractivity contribution in [1.29, 1.82) is 0 Å². The Balaban J connectivity index is 3.81. The van der Waals surface area contributed by atoms with Crippen LogP contribution in [0.15, 0.2) is 11.8 Å².